The van der Waals surface area contributed by atoms with Crippen molar-refractivity contribution < 1.29 is 9.47 Å². The highest BCUT2D eigenvalue weighted by Crippen LogP contribution is 2.35. The highest BCUT2D eigenvalue weighted by molar-refractivity contribution is 7.07. The van der Waals surface area contributed by atoms with Crippen LogP contribution in [0.4, 0.5) is 0 Å². The highest BCUT2D eigenvalue weighted by Gasteiger charge is 2.41. The first-order chi connectivity index (χ1) is 11.4. The molecular weight excluding hydrogens is 308 g/mol. The number of pyridine rings is 1. The minimum atomic E-state index is 0.361. The molecule has 4 rings (SSSR count). The lowest BCUT2D eigenvalue weighted by atomic mass is 10.1. The summed E-state index contributed by atoms with van der Waals surface area (Å²) in [6, 6.07) is 8.55. The molecule has 1 saturated heterocycles. The number of ether oxygens (including phenoxy) is 2. The third-order valence-corrected chi connectivity index (χ3v) is 5.55. The number of fused-ring (bicyclic) bond motifs is 1. The van der Waals surface area contributed by atoms with Gasteiger partial charge < -0.3 is 9.47 Å². The predicted octanol–water partition coefficient (Wildman–Crippen LogP) is 3.20. The molecule has 0 N–H and O–H groups in total. The quantitative estimate of drug-likeness (QED) is 0.843. The Morgan fingerprint density at radius 3 is 3.13 bits per heavy atom. The number of thiophene rings is 1. The zero-order valence-electron chi connectivity index (χ0n) is 13.1. The Labute approximate surface area is 141 Å². The summed E-state index contributed by atoms with van der Waals surface area (Å²) in [7, 11) is 0. The average Bonchev–Trinajstić information content (AvgIpc) is 3.23. The van der Waals surface area contributed by atoms with Crippen molar-refractivity contribution in [3.05, 3.63) is 46.8 Å². The lowest BCUT2D eigenvalue weighted by Gasteiger charge is -2.37. The van der Waals surface area contributed by atoms with Gasteiger partial charge in [0.05, 0.1) is 19.3 Å². The van der Waals surface area contributed by atoms with Gasteiger partial charge in [-0.05, 0) is 47.2 Å². The van der Waals surface area contributed by atoms with E-state index in [0.717, 1.165) is 45.0 Å². The van der Waals surface area contributed by atoms with Gasteiger partial charge in [-0.25, -0.2) is 4.98 Å². The smallest absolute Gasteiger partial charge is 0.213 e. The number of hydrogen-bond acceptors (Lipinski definition) is 5. The molecule has 0 radical (unpaired) electrons. The van der Waals surface area contributed by atoms with E-state index in [1.807, 2.05) is 18.2 Å². The molecule has 4 nitrogen and oxygen atoms in total. The Morgan fingerprint density at radius 2 is 2.30 bits per heavy atom. The van der Waals surface area contributed by atoms with Crippen molar-refractivity contribution in [2.24, 2.45) is 5.92 Å². The normalized spacial score (nSPS) is 27.7. The second-order valence-electron chi connectivity index (χ2n) is 6.40. The Balaban J connectivity index is 1.35. The molecule has 2 aromatic rings. The van der Waals surface area contributed by atoms with Crippen LogP contribution in [0.1, 0.15) is 18.4 Å². The van der Waals surface area contributed by atoms with E-state index in [-0.39, 0.29) is 0 Å². The maximum Gasteiger partial charge on any atom is 0.213 e. The molecule has 3 unspecified atom stereocenters. The van der Waals surface area contributed by atoms with Crippen LogP contribution in [0.5, 0.6) is 5.88 Å². The summed E-state index contributed by atoms with van der Waals surface area (Å²) in [6.07, 6.45) is 4.38. The monoisotopic (exact) mass is 330 g/mol. The lowest BCUT2D eigenvalue weighted by Crippen LogP contribution is -2.47. The largest absolute Gasteiger partial charge is 0.477 e. The van der Waals surface area contributed by atoms with Crippen LogP contribution < -0.4 is 4.74 Å². The van der Waals surface area contributed by atoms with Crippen LogP contribution in [0.2, 0.25) is 0 Å². The summed E-state index contributed by atoms with van der Waals surface area (Å²) >= 11 is 1.77. The Hall–Kier alpha value is -1.43. The van der Waals surface area contributed by atoms with Gasteiger partial charge in [-0.15, -0.1) is 0 Å². The maximum absolute atomic E-state index is 6.02. The lowest BCUT2D eigenvalue weighted by molar-refractivity contribution is -0.0589. The topological polar surface area (TPSA) is 34.6 Å². The van der Waals surface area contributed by atoms with Crippen molar-refractivity contribution in [3.63, 3.8) is 0 Å². The van der Waals surface area contributed by atoms with E-state index in [2.05, 4.69) is 26.7 Å². The van der Waals surface area contributed by atoms with E-state index >= 15 is 0 Å². The van der Waals surface area contributed by atoms with Gasteiger partial charge in [-0.2, -0.15) is 11.3 Å². The number of nitrogens with zero attached hydrogens (tertiary/aromatic N) is 2. The predicted molar refractivity (Wildman–Crippen MR) is 90.7 cm³/mol. The molecule has 1 saturated carbocycles. The summed E-state index contributed by atoms with van der Waals surface area (Å²) in [5.74, 6) is 1.27. The fraction of sp³-hybridized carbons (Fsp3) is 0.500. The molecule has 0 amide bonds. The highest BCUT2D eigenvalue weighted by atomic mass is 32.1. The van der Waals surface area contributed by atoms with Crippen LogP contribution in [0.15, 0.2) is 41.2 Å². The van der Waals surface area contributed by atoms with Crippen LogP contribution in [-0.4, -0.2) is 41.8 Å². The summed E-state index contributed by atoms with van der Waals surface area (Å²) in [6.45, 7) is 3.66. The molecule has 0 spiro atoms. The molecule has 0 aromatic carbocycles. The van der Waals surface area contributed by atoms with Crippen molar-refractivity contribution in [1.29, 1.82) is 0 Å². The summed E-state index contributed by atoms with van der Waals surface area (Å²) < 4.78 is 11.9. The molecule has 1 aliphatic carbocycles. The van der Waals surface area contributed by atoms with Crippen molar-refractivity contribution in [2.75, 3.05) is 19.8 Å². The maximum atomic E-state index is 6.02. The van der Waals surface area contributed by atoms with Gasteiger partial charge in [-0.3, -0.25) is 4.90 Å². The molecule has 2 fully saturated rings. The zero-order valence-corrected chi connectivity index (χ0v) is 14.0. The molecule has 5 heteroatoms. The number of rotatable bonds is 5. The summed E-state index contributed by atoms with van der Waals surface area (Å²) in [4.78, 5) is 6.83. The summed E-state index contributed by atoms with van der Waals surface area (Å²) in [5.41, 5.74) is 1.42. The van der Waals surface area contributed by atoms with Crippen molar-refractivity contribution in [1.82, 2.24) is 9.88 Å². The SMILES string of the molecule is c1ccc(OCC2CC3OCCN(Cc4ccsc4)C3C2)nc1. The van der Waals surface area contributed by atoms with Gasteiger partial charge in [0, 0.05) is 31.4 Å². The summed E-state index contributed by atoms with van der Waals surface area (Å²) in [5, 5.41) is 4.41. The van der Waals surface area contributed by atoms with Gasteiger partial charge in [0.1, 0.15) is 0 Å². The molecule has 2 aliphatic rings. The molecular formula is C18H22N2O2S. The number of hydrogen-bond donors (Lipinski definition) is 0. The van der Waals surface area contributed by atoms with Gasteiger partial charge >= 0.3 is 0 Å². The van der Waals surface area contributed by atoms with Gasteiger partial charge in [0.2, 0.25) is 5.88 Å². The van der Waals surface area contributed by atoms with E-state index in [0.29, 0.717) is 18.1 Å². The second-order valence-corrected chi connectivity index (χ2v) is 7.18. The molecule has 1 aliphatic heterocycles. The average molecular weight is 330 g/mol. The van der Waals surface area contributed by atoms with E-state index in [4.69, 9.17) is 9.47 Å². The van der Waals surface area contributed by atoms with E-state index in [9.17, 15) is 0 Å². The van der Waals surface area contributed by atoms with Gasteiger partial charge in [0.15, 0.2) is 0 Å². The van der Waals surface area contributed by atoms with Crippen LogP contribution in [-0.2, 0) is 11.3 Å². The third-order valence-electron chi connectivity index (χ3n) is 4.82. The minimum absolute atomic E-state index is 0.361. The molecule has 122 valence electrons. The van der Waals surface area contributed by atoms with Crippen molar-refractivity contribution in [3.8, 4) is 5.88 Å². The van der Waals surface area contributed by atoms with Crippen LogP contribution in [0.25, 0.3) is 0 Å². The fourth-order valence-corrected chi connectivity index (χ4v) is 4.37. The Kier molecular flexibility index (Phi) is 4.60. The number of morpholine rings is 1. The standard InChI is InChI=1S/C18H22N2O2S/c1-2-5-19-18(3-1)22-12-15-9-16-17(10-15)21-7-6-20(16)11-14-4-8-23-13-14/h1-5,8,13,15-17H,6-7,9-12H2. The molecule has 2 aromatic heterocycles. The molecule has 0 bridgehead atoms. The van der Waals surface area contributed by atoms with Crippen LogP contribution in [0, 0.1) is 5.92 Å². The first kappa shape index (κ1) is 15.1. The molecule has 3 heterocycles. The minimum Gasteiger partial charge on any atom is -0.477 e. The fourth-order valence-electron chi connectivity index (χ4n) is 3.71. The third kappa shape index (κ3) is 3.57. The number of aromatic nitrogens is 1. The first-order valence-corrected chi connectivity index (χ1v) is 9.23. The first-order valence-electron chi connectivity index (χ1n) is 8.29. The van der Waals surface area contributed by atoms with Crippen molar-refractivity contribution >= 4 is 11.3 Å². The van der Waals surface area contributed by atoms with E-state index in [1.165, 1.54) is 5.56 Å². The van der Waals surface area contributed by atoms with Gasteiger partial charge in [0.25, 0.3) is 0 Å². The van der Waals surface area contributed by atoms with Crippen LogP contribution >= 0.6 is 11.3 Å². The second kappa shape index (κ2) is 6.99. The van der Waals surface area contributed by atoms with Crippen LogP contribution in [0.3, 0.4) is 0 Å². The van der Waals surface area contributed by atoms with E-state index in [1.54, 1.807) is 17.5 Å². The van der Waals surface area contributed by atoms with Gasteiger partial charge in [-0.1, -0.05) is 6.07 Å². The zero-order chi connectivity index (χ0) is 15.5. The molecule has 3 atom stereocenters. The van der Waals surface area contributed by atoms with E-state index < -0.39 is 0 Å². The molecule has 23 heavy (non-hydrogen) atoms. The Bertz CT molecular complexity index is 605. The van der Waals surface area contributed by atoms with Crippen molar-refractivity contribution in [2.45, 2.75) is 31.5 Å². The Morgan fingerprint density at radius 1 is 1.30 bits per heavy atom.